The highest BCUT2D eigenvalue weighted by Gasteiger charge is 2.09. The number of aryl methyl sites for hydroxylation is 1. The van der Waals surface area contributed by atoms with Gasteiger partial charge < -0.3 is 10.5 Å². The molecular formula is C10H14N4O. The lowest BCUT2D eigenvalue weighted by atomic mass is 10.2. The van der Waals surface area contributed by atoms with Gasteiger partial charge in [0.05, 0.1) is 12.3 Å². The van der Waals surface area contributed by atoms with Crippen LogP contribution in [0.4, 0.5) is 0 Å². The first kappa shape index (κ1) is 10.1. The molecule has 0 saturated heterocycles. The number of nitrogens with zero attached hydrogens (tertiary/aromatic N) is 3. The topological polar surface area (TPSA) is 66.0 Å². The molecule has 0 radical (unpaired) electrons. The molecule has 2 aromatic heterocycles. The van der Waals surface area contributed by atoms with Crippen LogP contribution in [-0.2, 0) is 24.9 Å². The molecule has 80 valence electrons. The molecule has 0 atom stereocenters. The third kappa shape index (κ3) is 1.71. The molecule has 2 aromatic rings. The van der Waals surface area contributed by atoms with Gasteiger partial charge in [-0.05, 0) is 11.6 Å². The number of methoxy groups -OCH3 is 1. The molecule has 0 unspecified atom stereocenters. The third-order valence-electron chi connectivity index (χ3n) is 2.39. The SMILES string of the molecule is COCc1c2cc(CN)cnc2nn1C. The van der Waals surface area contributed by atoms with Crippen LogP contribution in [0.2, 0.25) is 0 Å². The van der Waals surface area contributed by atoms with Gasteiger partial charge in [0.2, 0.25) is 0 Å². The number of nitrogens with two attached hydrogens (primary N) is 1. The van der Waals surface area contributed by atoms with E-state index >= 15 is 0 Å². The quantitative estimate of drug-likeness (QED) is 0.797. The molecule has 0 spiro atoms. The molecule has 0 amide bonds. The smallest absolute Gasteiger partial charge is 0.181 e. The second kappa shape index (κ2) is 3.96. The number of aromatic nitrogens is 3. The van der Waals surface area contributed by atoms with Gasteiger partial charge >= 0.3 is 0 Å². The zero-order chi connectivity index (χ0) is 10.8. The first-order valence-corrected chi connectivity index (χ1v) is 4.75. The van der Waals surface area contributed by atoms with E-state index in [4.69, 9.17) is 10.5 Å². The van der Waals surface area contributed by atoms with Crippen LogP contribution in [0, 0.1) is 0 Å². The van der Waals surface area contributed by atoms with Crippen molar-refractivity contribution in [2.45, 2.75) is 13.2 Å². The minimum Gasteiger partial charge on any atom is -0.378 e. The standard InChI is InChI=1S/C10H14N4O/c1-14-9(6-15-2)8-3-7(4-11)5-12-10(8)13-14/h3,5H,4,6,11H2,1-2H3. The van der Waals surface area contributed by atoms with Gasteiger partial charge in [-0.2, -0.15) is 5.10 Å². The molecule has 0 aliphatic carbocycles. The predicted octanol–water partition coefficient (Wildman–Crippen LogP) is 0.573. The normalized spacial score (nSPS) is 11.1. The van der Waals surface area contributed by atoms with Crippen molar-refractivity contribution >= 4 is 11.0 Å². The Balaban J connectivity index is 2.61. The van der Waals surface area contributed by atoms with E-state index < -0.39 is 0 Å². The van der Waals surface area contributed by atoms with Crippen molar-refractivity contribution < 1.29 is 4.74 Å². The van der Waals surface area contributed by atoms with Gasteiger partial charge in [0, 0.05) is 32.3 Å². The van der Waals surface area contributed by atoms with E-state index in [0.29, 0.717) is 13.2 Å². The lowest BCUT2D eigenvalue weighted by Crippen LogP contribution is -1.99. The maximum absolute atomic E-state index is 5.57. The van der Waals surface area contributed by atoms with Gasteiger partial charge in [0.25, 0.3) is 0 Å². The van der Waals surface area contributed by atoms with Crippen LogP contribution in [0.3, 0.4) is 0 Å². The van der Waals surface area contributed by atoms with Crippen LogP contribution in [-0.4, -0.2) is 21.9 Å². The van der Waals surface area contributed by atoms with E-state index in [0.717, 1.165) is 22.3 Å². The number of ether oxygens (including phenoxy) is 1. The van der Waals surface area contributed by atoms with E-state index in [1.807, 2.05) is 13.1 Å². The Morgan fingerprint density at radius 2 is 2.33 bits per heavy atom. The summed E-state index contributed by atoms with van der Waals surface area (Å²) in [4.78, 5) is 4.25. The highest BCUT2D eigenvalue weighted by Crippen LogP contribution is 2.17. The number of rotatable bonds is 3. The molecule has 0 aliphatic heterocycles. The van der Waals surface area contributed by atoms with Crippen LogP contribution in [0.25, 0.3) is 11.0 Å². The fourth-order valence-corrected chi connectivity index (χ4v) is 1.59. The van der Waals surface area contributed by atoms with E-state index in [-0.39, 0.29) is 0 Å². The highest BCUT2D eigenvalue weighted by molar-refractivity contribution is 5.78. The van der Waals surface area contributed by atoms with Gasteiger partial charge in [-0.25, -0.2) is 4.98 Å². The molecule has 0 saturated carbocycles. The Morgan fingerprint density at radius 1 is 1.53 bits per heavy atom. The molecule has 0 bridgehead atoms. The minimum atomic E-state index is 0.490. The van der Waals surface area contributed by atoms with E-state index in [1.165, 1.54) is 0 Å². The van der Waals surface area contributed by atoms with Crippen molar-refractivity contribution in [2.75, 3.05) is 7.11 Å². The lowest BCUT2D eigenvalue weighted by molar-refractivity contribution is 0.179. The van der Waals surface area contributed by atoms with Gasteiger partial charge in [0.1, 0.15) is 0 Å². The Bertz CT molecular complexity index is 477. The van der Waals surface area contributed by atoms with Crippen LogP contribution in [0.5, 0.6) is 0 Å². The number of pyridine rings is 1. The van der Waals surface area contributed by atoms with E-state index in [1.54, 1.807) is 18.0 Å². The molecule has 2 rings (SSSR count). The van der Waals surface area contributed by atoms with Crippen molar-refractivity contribution in [2.24, 2.45) is 12.8 Å². The summed E-state index contributed by atoms with van der Waals surface area (Å²) in [6.45, 7) is 1.02. The second-order valence-electron chi connectivity index (χ2n) is 3.42. The average molecular weight is 206 g/mol. The average Bonchev–Trinajstić information content (AvgIpc) is 2.55. The van der Waals surface area contributed by atoms with Crippen LogP contribution in [0.15, 0.2) is 12.3 Å². The summed E-state index contributed by atoms with van der Waals surface area (Å²) in [5.74, 6) is 0. The van der Waals surface area contributed by atoms with Crippen molar-refractivity contribution in [1.29, 1.82) is 0 Å². The van der Waals surface area contributed by atoms with Crippen LogP contribution >= 0.6 is 0 Å². The summed E-state index contributed by atoms with van der Waals surface area (Å²) in [6, 6.07) is 2.02. The Kier molecular flexibility index (Phi) is 2.66. The first-order valence-electron chi connectivity index (χ1n) is 4.75. The summed E-state index contributed by atoms with van der Waals surface area (Å²) in [6.07, 6.45) is 1.76. The molecule has 2 N–H and O–H groups in total. The maximum Gasteiger partial charge on any atom is 0.181 e. The molecule has 0 aromatic carbocycles. The molecule has 15 heavy (non-hydrogen) atoms. The number of fused-ring (bicyclic) bond motifs is 1. The number of hydrogen-bond donors (Lipinski definition) is 1. The van der Waals surface area contributed by atoms with Crippen molar-refractivity contribution in [3.8, 4) is 0 Å². The number of hydrogen-bond acceptors (Lipinski definition) is 4. The minimum absolute atomic E-state index is 0.490. The summed E-state index contributed by atoms with van der Waals surface area (Å²) in [5.41, 5.74) is 8.34. The molecule has 0 fully saturated rings. The van der Waals surface area contributed by atoms with Gasteiger partial charge in [-0.15, -0.1) is 0 Å². The largest absolute Gasteiger partial charge is 0.378 e. The van der Waals surface area contributed by atoms with E-state index in [2.05, 4.69) is 10.1 Å². The summed E-state index contributed by atoms with van der Waals surface area (Å²) in [5, 5.41) is 5.31. The van der Waals surface area contributed by atoms with Gasteiger partial charge in [0.15, 0.2) is 5.65 Å². The predicted molar refractivity (Wildman–Crippen MR) is 57.1 cm³/mol. The second-order valence-corrected chi connectivity index (χ2v) is 3.42. The van der Waals surface area contributed by atoms with Crippen molar-refractivity contribution in [1.82, 2.24) is 14.8 Å². The molecule has 0 aliphatic rings. The highest BCUT2D eigenvalue weighted by atomic mass is 16.5. The fourth-order valence-electron chi connectivity index (χ4n) is 1.59. The molecular weight excluding hydrogens is 192 g/mol. The lowest BCUT2D eigenvalue weighted by Gasteiger charge is -2.00. The third-order valence-corrected chi connectivity index (χ3v) is 2.39. The molecule has 5 heteroatoms. The summed E-state index contributed by atoms with van der Waals surface area (Å²) < 4.78 is 6.92. The maximum atomic E-state index is 5.57. The zero-order valence-electron chi connectivity index (χ0n) is 8.90. The Hall–Kier alpha value is -1.46. The molecule has 2 heterocycles. The van der Waals surface area contributed by atoms with Crippen molar-refractivity contribution in [3.63, 3.8) is 0 Å². The monoisotopic (exact) mass is 206 g/mol. The van der Waals surface area contributed by atoms with Gasteiger partial charge in [-0.3, -0.25) is 4.68 Å². The van der Waals surface area contributed by atoms with Gasteiger partial charge in [-0.1, -0.05) is 0 Å². The Morgan fingerprint density at radius 3 is 3.00 bits per heavy atom. The zero-order valence-corrected chi connectivity index (χ0v) is 8.90. The fraction of sp³-hybridized carbons (Fsp3) is 0.400. The van der Waals surface area contributed by atoms with Crippen molar-refractivity contribution in [3.05, 3.63) is 23.5 Å². The summed E-state index contributed by atoms with van der Waals surface area (Å²) >= 11 is 0. The molecule has 5 nitrogen and oxygen atoms in total. The summed E-state index contributed by atoms with van der Waals surface area (Å²) in [7, 11) is 3.55. The Labute approximate surface area is 87.9 Å². The van der Waals surface area contributed by atoms with Crippen LogP contribution in [0.1, 0.15) is 11.3 Å². The first-order chi connectivity index (χ1) is 7.26. The van der Waals surface area contributed by atoms with Crippen LogP contribution < -0.4 is 5.73 Å². The van der Waals surface area contributed by atoms with E-state index in [9.17, 15) is 0 Å².